The van der Waals surface area contributed by atoms with E-state index in [1.807, 2.05) is 25.1 Å². The molecule has 0 aromatic heterocycles. The minimum atomic E-state index is 0.232. The van der Waals surface area contributed by atoms with Crippen molar-refractivity contribution in [2.45, 2.75) is 27.3 Å². The molecule has 5 heteroatoms. The Bertz CT molecular complexity index is 462. The lowest BCUT2D eigenvalue weighted by molar-refractivity contribution is 0.295. The Morgan fingerprint density at radius 2 is 2.05 bits per heavy atom. The fourth-order valence-electron chi connectivity index (χ4n) is 1.73. The number of hydrogen-bond acceptors (Lipinski definition) is 3. The third-order valence-electron chi connectivity index (χ3n) is 2.67. The summed E-state index contributed by atoms with van der Waals surface area (Å²) in [7, 11) is 0. The van der Waals surface area contributed by atoms with Crippen molar-refractivity contribution in [1.29, 1.82) is 0 Å². The lowest BCUT2D eigenvalue weighted by Crippen LogP contribution is -2.19. The van der Waals surface area contributed by atoms with Crippen molar-refractivity contribution in [2.24, 2.45) is 5.92 Å². The van der Waals surface area contributed by atoms with Gasteiger partial charge in [-0.2, -0.15) is 0 Å². The third-order valence-corrected chi connectivity index (χ3v) is 3.27. The molecule has 0 atom stereocenters. The SMILES string of the molecule is CCOc1cc(CNCC(C)C)ccc1OCC(Cl)=CCl. The van der Waals surface area contributed by atoms with Crippen molar-refractivity contribution in [3.63, 3.8) is 0 Å². The minimum Gasteiger partial charge on any atom is -0.490 e. The first-order valence-corrected chi connectivity index (χ1v) is 7.92. The summed E-state index contributed by atoms with van der Waals surface area (Å²) in [6.07, 6.45) is 0. The Morgan fingerprint density at radius 3 is 2.67 bits per heavy atom. The van der Waals surface area contributed by atoms with Gasteiger partial charge < -0.3 is 14.8 Å². The Morgan fingerprint density at radius 1 is 1.29 bits per heavy atom. The Hall–Kier alpha value is -0.900. The highest BCUT2D eigenvalue weighted by Gasteiger charge is 2.07. The highest BCUT2D eigenvalue weighted by atomic mass is 35.5. The average Bonchev–Trinajstić information content (AvgIpc) is 2.46. The Labute approximate surface area is 137 Å². The van der Waals surface area contributed by atoms with Gasteiger partial charge in [-0.15, -0.1) is 0 Å². The standard InChI is InChI=1S/C16H23Cl2NO2/c1-4-20-16-7-13(10-19-9-12(2)3)5-6-15(16)21-11-14(18)8-17/h5-8,12,19H,4,9-11H2,1-3H3. The van der Waals surface area contributed by atoms with E-state index in [1.54, 1.807) is 0 Å². The molecule has 0 saturated carbocycles. The molecule has 118 valence electrons. The number of halogens is 2. The van der Waals surface area contributed by atoms with E-state index in [1.165, 1.54) is 5.54 Å². The molecule has 0 unspecified atom stereocenters. The largest absolute Gasteiger partial charge is 0.490 e. The quantitative estimate of drug-likeness (QED) is 0.721. The van der Waals surface area contributed by atoms with E-state index >= 15 is 0 Å². The van der Waals surface area contributed by atoms with E-state index < -0.39 is 0 Å². The summed E-state index contributed by atoms with van der Waals surface area (Å²) in [4.78, 5) is 0. The first-order chi connectivity index (χ1) is 10.1. The zero-order valence-corrected chi connectivity index (χ0v) is 14.3. The third kappa shape index (κ3) is 7.07. The van der Waals surface area contributed by atoms with Crippen molar-refractivity contribution in [3.05, 3.63) is 34.3 Å². The second kappa shape index (κ2) is 9.93. The van der Waals surface area contributed by atoms with Crippen LogP contribution in [0.2, 0.25) is 0 Å². The van der Waals surface area contributed by atoms with Gasteiger partial charge in [0, 0.05) is 12.1 Å². The lowest BCUT2D eigenvalue weighted by atomic mass is 10.2. The van der Waals surface area contributed by atoms with Crippen LogP contribution in [0.15, 0.2) is 28.8 Å². The summed E-state index contributed by atoms with van der Waals surface area (Å²) >= 11 is 11.3. The normalized spacial score (nSPS) is 11.8. The summed E-state index contributed by atoms with van der Waals surface area (Å²) < 4.78 is 11.2. The van der Waals surface area contributed by atoms with Gasteiger partial charge in [0.2, 0.25) is 0 Å². The van der Waals surface area contributed by atoms with Gasteiger partial charge in [0.15, 0.2) is 11.5 Å². The monoisotopic (exact) mass is 331 g/mol. The number of benzene rings is 1. The molecule has 0 aliphatic carbocycles. The van der Waals surface area contributed by atoms with Gasteiger partial charge in [0.1, 0.15) is 6.61 Å². The van der Waals surface area contributed by atoms with Gasteiger partial charge >= 0.3 is 0 Å². The summed E-state index contributed by atoms with van der Waals surface area (Å²) in [5.74, 6) is 2.02. The number of ether oxygens (including phenoxy) is 2. The van der Waals surface area contributed by atoms with Crippen LogP contribution in [0, 0.1) is 5.92 Å². The highest BCUT2D eigenvalue weighted by Crippen LogP contribution is 2.29. The Balaban J connectivity index is 2.71. The van der Waals surface area contributed by atoms with Crippen LogP contribution in [0.25, 0.3) is 0 Å². The molecule has 0 radical (unpaired) electrons. The van der Waals surface area contributed by atoms with Crippen LogP contribution in [-0.4, -0.2) is 19.8 Å². The van der Waals surface area contributed by atoms with Gasteiger partial charge in [0.25, 0.3) is 0 Å². The molecule has 0 aliphatic heterocycles. The zero-order valence-electron chi connectivity index (χ0n) is 12.8. The molecule has 1 rings (SSSR count). The maximum Gasteiger partial charge on any atom is 0.161 e. The van der Waals surface area contributed by atoms with Crippen molar-refractivity contribution in [3.8, 4) is 11.5 Å². The summed E-state index contributed by atoms with van der Waals surface area (Å²) in [6.45, 7) is 8.92. The minimum absolute atomic E-state index is 0.232. The second-order valence-corrected chi connectivity index (χ2v) is 5.79. The van der Waals surface area contributed by atoms with Crippen LogP contribution in [0.4, 0.5) is 0 Å². The van der Waals surface area contributed by atoms with E-state index in [0.29, 0.717) is 23.3 Å². The molecule has 1 N–H and O–H groups in total. The van der Waals surface area contributed by atoms with E-state index in [4.69, 9.17) is 32.7 Å². The smallest absolute Gasteiger partial charge is 0.161 e. The average molecular weight is 332 g/mol. The van der Waals surface area contributed by atoms with Crippen LogP contribution in [0.1, 0.15) is 26.3 Å². The van der Waals surface area contributed by atoms with E-state index in [0.717, 1.165) is 24.4 Å². The molecule has 1 aromatic carbocycles. The van der Waals surface area contributed by atoms with Crippen molar-refractivity contribution >= 4 is 23.2 Å². The second-order valence-electron chi connectivity index (χ2n) is 5.08. The van der Waals surface area contributed by atoms with Crippen LogP contribution in [0.5, 0.6) is 11.5 Å². The predicted molar refractivity (Wildman–Crippen MR) is 89.4 cm³/mol. The molecular formula is C16H23Cl2NO2. The van der Waals surface area contributed by atoms with Gasteiger partial charge in [-0.25, -0.2) is 0 Å². The topological polar surface area (TPSA) is 30.5 Å². The van der Waals surface area contributed by atoms with Crippen LogP contribution < -0.4 is 14.8 Å². The molecule has 0 bridgehead atoms. The number of rotatable bonds is 9. The molecule has 0 saturated heterocycles. The summed E-state index contributed by atoms with van der Waals surface area (Å²) in [5, 5.41) is 3.85. The maximum atomic E-state index is 5.83. The first-order valence-electron chi connectivity index (χ1n) is 7.10. The Kier molecular flexibility index (Phi) is 8.58. The molecular weight excluding hydrogens is 309 g/mol. The maximum absolute atomic E-state index is 5.83. The van der Waals surface area contributed by atoms with Crippen molar-refractivity contribution in [1.82, 2.24) is 5.32 Å². The first kappa shape index (κ1) is 18.1. The molecule has 0 amide bonds. The van der Waals surface area contributed by atoms with Gasteiger partial charge in [-0.1, -0.05) is 43.1 Å². The number of nitrogens with one attached hydrogen (secondary N) is 1. The number of hydrogen-bond donors (Lipinski definition) is 1. The van der Waals surface area contributed by atoms with E-state index in [-0.39, 0.29) is 6.61 Å². The van der Waals surface area contributed by atoms with Crippen LogP contribution in [-0.2, 0) is 6.54 Å². The fourth-order valence-corrected chi connectivity index (χ4v) is 1.85. The molecule has 0 aliphatic rings. The van der Waals surface area contributed by atoms with Gasteiger partial charge in [-0.3, -0.25) is 0 Å². The molecule has 21 heavy (non-hydrogen) atoms. The lowest BCUT2D eigenvalue weighted by Gasteiger charge is -2.14. The predicted octanol–water partition coefficient (Wildman–Crippen LogP) is 4.53. The van der Waals surface area contributed by atoms with Crippen LogP contribution in [0.3, 0.4) is 0 Å². The fraction of sp³-hybridized carbons (Fsp3) is 0.500. The summed E-state index contributed by atoms with van der Waals surface area (Å²) in [6, 6.07) is 5.91. The van der Waals surface area contributed by atoms with Gasteiger partial charge in [0.05, 0.1) is 11.6 Å². The van der Waals surface area contributed by atoms with E-state index in [9.17, 15) is 0 Å². The van der Waals surface area contributed by atoms with Crippen molar-refractivity contribution in [2.75, 3.05) is 19.8 Å². The molecule has 0 fully saturated rings. The highest BCUT2D eigenvalue weighted by molar-refractivity contribution is 6.36. The molecule has 0 heterocycles. The molecule has 1 aromatic rings. The van der Waals surface area contributed by atoms with Crippen molar-refractivity contribution < 1.29 is 9.47 Å². The van der Waals surface area contributed by atoms with E-state index in [2.05, 4.69) is 19.2 Å². The summed E-state index contributed by atoms with van der Waals surface area (Å²) in [5.41, 5.74) is 2.46. The van der Waals surface area contributed by atoms with Gasteiger partial charge in [-0.05, 0) is 37.1 Å². The van der Waals surface area contributed by atoms with Crippen LogP contribution >= 0.6 is 23.2 Å². The zero-order chi connectivity index (χ0) is 15.7. The molecule has 3 nitrogen and oxygen atoms in total. The molecule has 0 spiro atoms.